The Morgan fingerprint density at radius 1 is 1.22 bits per heavy atom. The number of thiophene rings is 1. The standard InChI is InChI=1S/C19H23N3O4S/c1-2-22(11-14-5-6-16-17(10-14)26-13-25-16)12-18(23)21-19(24)20-8-7-15-4-3-9-27-15/h3-6,9-10H,2,7-8,11-13H2,1H3,(H2,20,21,23,24). The quantitative estimate of drug-likeness (QED) is 0.725. The predicted molar refractivity (Wildman–Crippen MR) is 103 cm³/mol. The average Bonchev–Trinajstić information content (AvgIpc) is 3.32. The first kappa shape index (κ1) is 19.2. The summed E-state index contributed by atoms with van der Waals surface area (Å²) in [5, 5.41) is 7.09. The van der Waals surface area contributed by atoms with Gasteiger partial charge in [-0.2, -0.15) is 0 Å². The van der Waals surface area contributed by atoms with E-state index in [1.54, 1.807) is 11.3 Å². The minimum Gasteiger partial charge on any atom is -0.454 e. The van der Waals surface area contributed by atoms with Crippen LogP contribution in [0.25, 0.3) is 0 Å². The Hall–Kier alpha value is -2.58. The number of hydrogen-bond donors (Lipinski definition) is 2. The van der Waals surface area contributed by atoms with Gasteiger partial charge in [-0.05, 0) is 42.1 Å². The molecule has 3 amide bonds. The van der Waals surface area contributed by atoms with Crippen molar-refractivity contribution in [3.8, 4) is 11.5 Å². The van der Waals surface area contributed by atoms with Crippen molar-refractivity contribution in [1.29, 1.82) is 0 Å². The predicted octanol–water partition coefficient (Wildman–Crippen LogP) is 2.37. The van der Waals surface area contributed by atoms with Crippen LogP contribution in [-0.2, 0) is 17.8 Å². The zero-order valence-corrected chi connectivity index (χ0v) is 16.0. The fraction of sp³-hybridized carbons (Fsp3) is 0.368. The van der Waals surface area contributed by atoms with Crippen molar-refractivity contribution in [3.05, 3.63) is 46.2 Å². The molecule has 0 atom stereocenters. The molecule has 2 N–H and O–H groups in total. The number of urea groups is 1. The zero-order valence-electron chi connectivity index (χ0n) is 15.2. The summed E-state index contributed by atoms with van der Waals surface area (Å²) >= 11 is 1.65. The highest BCUT2D eigenvalue weighted by molar-refractivity contribution is 7.09. The van der Waals surface area contributed by atoms with E-state index in [4.69, 9.17) is 9.47 Å². The molecule has 1 aliphatic heterocycles. The molecule has 8 heteroatoms. The molecule has 1 aromatic heterocycles. The van der Waals surface area contributed by atoms with E-state index in [1.807, 2.05) is 47.5 Å². The molecule has 0 saturated heterocycles. The van der Waals surface area contributed by atoms with Crippen LogP contribution >= 0.6 is 11.3 Å². The number of likely N-dealkylation sites (N-methyl/N-ethyl adjacent to an activating group) is 1. The third kappa shape index (κ3) is 5.70. The van der Waals surface area contributed by atoms with Crippen LogP contribution in [0, 0.1) is 0 Å². The molecule has 0 fully saturated rings. The summed E-state index contributed by atoms with van der Waals surface area (Å²) in [5.41, 5.74) is 1.02. The van der Waals surface area contributed by atoms with Gasteiger partial charge < -0.3 is 14.8 Å². The molecule has 2 aromatic rings. The summed E-state index contributed by atoms with van der Waals surface area (Å²) in [6, 6.07) is 9.27. The number of nitrogens with zero attached hydrogens (tertiary/aromatic N) is 1. The third-order valence-corrected chi connectivity index (χ3v) is 5.08. The number of imide groups is 1. The van der Waals surface area contributed by atoms with Crippen LogP contribution < -0.4 is 20.1 Å². The first-order valence-corrected chi connectivity index (χ1v) is 9.73. The fourth-order valence-corrected chi connectivity index (χ4v) is 3.45. The van der Waals surface area contributed by atoms with Crippen molar-refractivity contribution < 1.29 is 19.1 Å². The second-order valence-electron chi connectivity index (χ2n) is 6.12. The highest BCUT2D eigenvalue weighted by Crippen LogP contribution is 2.32. The van der Waals surface area contributed by atoms with E-state index in [9.17, 15) is 9.59 Å². The van der Waals surface area contributed by atoms with Crippen molar-refractivity contribution in [1.82, 2.24) is 15.5 Å². The minimum atomic E-state index is -0.462. The molecule has 0 aliphatic carbocycles. The highest BCUT2D eigenvalue weighted by Gasteiger charge is 2.16. The van der Waals surface area contributed by atoms with Gasteiger partial charge in [0, 0.05) is 18.0 Å². The number of amides is 3. The van der Waals surface area contributed by atoms with Gasteiger partial charge >= 0.3 is 6.03 Å². The van der Waals surface area contributed by atoms with Gasteiger partial charge in [0.05, 0.1) is 6.54 Å². The number of carbonyl (C=O) groups is 2. The van der Waals surface area contributed by atoms with Crippen LogP contribution in [-0.4, -0.2) is 43.3 Å². The summed E-state index contributed by atoms with van der Waals surface area (Å²) in [6.07, 6.45) is 0.754. The lowest BCUT2D eigenvalue weighted by molar-refractivity contribution is -0.121. The second kappa shape index (κ2) is 9.38. The number of ether oxygens (including phenoxy) is 2. The lowest BCUT2D eigenvalue weighted by atomic mass is 10.2. The van der Waals surface area contributed by atoms with Crippen molar-refractivity contribution >= 4 is 23.3 Å². The third-order valence-electron chi connectivity index (χ3n) is 4.15. The maximum Gasteiger partial charge on any atom is 0.321 e. The summed E-state index contributed by atoms with van der Waals surface area (Å²) in [5.74, 6) is 1.13. The molecule has 0 spiro atoms. The van der Waals surface area contributed by atoms with Crippen molar-refractivity contribution in [3.63, 3.8) is 0 Å². The number of benzene rings is 1. The highest BCUT2D eigenvalue weighted by atomic mass is 32.1. The van der Waals surface area contributed by atoms with E-state index < -0.39 is 6.03 Å². The average molecular weight is 389 g/mol. The molecule has 1 aromatic carbocycles. The molecule has 0 saturated carbocycles. The molecule has 144 valence electrons. The monoisotopic (exact) mass is 389 g/mol. The van der Waals surface area contributed by atoms with Crippen molar-refractivity contribution in [2.24, 2.45) is 0 Å². The van der Waals surface area contributed by atoms with Gasteiger partial charge in [0.15, 0.2) is 11.5 Å². The molecular weight excluding hydrogens is 366 g/mol. The number of rotatable bonds is 8. The Morgan fingerprint density at radius 3 is 2.85 bits per heavy atom. The van der Waals surface area contributed by atoms with Crippen LogP contribution in [0.4, 0.5) is 4.79 Å². The van der Waals surface area contributed by atoms with Crippen molar-refractivity contribution in [2.45, 2.75) is 19.9 Å². The van der Waals surface area contributed by atoms with Gasteiger partial charge in [-0.1, -0.05) is 19.1 Å². The van der Waals surface area contributed by atoms with Gasteiger partial charge in [-0.25, -0.2) is 4.79 Å². The smallest absolute Gasteiger partial charge is 0.321 e. The van der Waals surface area contributed by atoms with E-state index >= 15 is 0 Å². The lowest BCUT2D eigenvalue weighted by Gasteiger charge is -2.20. The lowest BCUT2D eigenvalue weighted by Crippen LogP contribution is -2.44. The largest absolute Gasteiger partial charge is 0.454 e. The zero-order chi connectivity index (χ0) is 19.1. The number of fused-ring (bicyclic) bond motifs is 1. The number of carbonyl (C=O) groups excluding carboxylic acids is 2. The van der Waals surface area contributed by atoms with Gasteiger partial charge in [-0.3, -0.25) is 15.0 Å². The fourth-order valence-electron chi connectivity index (χ4n) is 2.74. The van der Waals surface area contributed by atoms with E-state index in [0.29, 0.717) is 19.6 Å². The maximum atomic E-state index is 12.1. The first-order valence-electron chi connectivity index (χ1n) is 8.85. The summed E-state index contributed by atoms with van der Waals surface area (Å²) < 4.78 is 10.7. The Labute approximate surface area is 162 Å². The molecule has 7 nitrogen and oxygen atoms in total. The molecule has 1 aliphatic rings. The van der Waals surface area contributed by atoms with Crippen LogP contribution in [0.15, 0.2) is 35.7 Å². The summed E-state index contributed by atoms with van der Waals surface area (Å²) in [7, 11) is 0. The Balaban J connectivity index is 1.41. The maximum absolute atomic E-state index is 12.1. The molecular formula is C19H23N3O4S. The van der Waals surface area contributed by atoms with Gasteiger partial charge in [-0.15, -0.1) is 11.3 Å². The topological polar surface area (TPSA) is 79.9 Å². The molecule has 0 unspecified atom stereocenters. The second-order valence-corrected chi connectivity index (χ2v) is 7.16. The van der Waals surface area contributed by atoms with Gasteiger partial charge in [0.2, 0.25) is 12.7 Å². The van der Waals surface area contributed by atoms with E-state index in [1.165, 1.54) is 4.88 Å². The van der Waals surface area contributed by atoms with Crippen molar-refractivity contribution in [2.75, 3.05) is 26.4 Å². The summed E-state index contributed by atoms with van der Waals surface area (Å²) in [4.78, 5) is 27.1. The molecule has 0 radical (unpaired) electrons. The van der Waals surface area contributed by atoms with Crippen LogP contribution in [0.5, 0.6) is 11.5 Å². The van der Waals surface area contributed by atoms with Gasteiger partial charge in [0.1, 0.15) is 0 Å². The molecule has 2 heterocycles. The van der Waals surface area contributed by atoms with E-state index in [0.717, 1.165) is 23.5 Å². The first-order chi connectivity index (χ1) is 13.1. The Kier molecular flexibility index (Phi) is 6.67. The summed E-state index contributed by atoms with van der Waals surface area (Å²) in [6.45, 7) is 4.11. The minimum absolute atomic E-state index is 0.142. The molecule has 27 heavy (non-hydrogen) atoms. The van der Waals surface area contributed by atoms with Crippen LogP contribution in [0.3, 0.4) is 0 Å². The van der Waals surface area contributed by atoms with E-state index in [-0.39, 0.29) is 19.2 Å². The van der Waals surface area contributed by atoms with Gasteiger partial charge in [0.25, 0.3) is 0 Å². The van der Waals surface area contributed by atoms with E-state index in [2.05, 4.69) is 10.6 Å². The number of nitrogens with one attached hydrogen (secondary N) is 2. The molecule has 0 bridgehead atoms. The van der Waals surface area contributed by atoms with Crippen LogP contribution in [0.2, 0.25) is 0 Å². The normalized spacial score (nSPS) is 12.2. The number of hydrogen-bond acceptors (Lipinski definition) is 6. The Bertz CT molecular complexity index is 779. The Morgan fingerprint density at radius 2 is 2.07 bits per heavy atom. The van der Waals surface area contributed by atoms with Crippen LogP contribution in [0.1, 0.15) is 17.4 Å². The molecule has 3 rings (SSSR count). The SMILES string of the molecule is CCN(CC(=O)NC(=O)NCCc1cccs1)Cc1ccc2c(c1)OCO2.